The van der Waals surface area contributed by atoms with Gasteiger partial charge < -0.3 is 19.2 Å². The van der Waals surface area contributed by atoms with Crippen LogP contribution in [0.15, 0.2) is 47.4 Å². The van der Waals surface area contributed by atoms with E-state index in [1.165, 1.54) is 19.5 Å². The summed E-state index contributed by atoms with van der Waals surface area (Å²) in [4.78, 5) is 27.7. The summed E-state index contributed by atoms with van der Waals surface area (Å²) in [7, 11) is 0. The number of fused-ring (bicyclic) bond motifs is 3. The van der Waals surface area contributed by atoms with Crippen molar-refractivity contribution in [1.29, 1.82) is 0 Å². The minimum absolute atomic E-state index is 0.00547. The van der Waals surface area contributed by atoms with Gasteiger partial charge in [-0.15, -0.1) is 0 Å². The molecule has 4 rings (SSSR count). The molecule has 1 N–H and O–H groups in total. The Morgan fingerprint density at radius 1 is 0.968 bits per heavy atom. The van der Waals surface area contributed by atoms with E-state index in [2.05, 4.69) is 24.1 Å². The molecule has 2 atom stereocenters. The minimum Gasteiger partial charge on any atom is -0.356 e. The molecule has 166 valence electrons. The van der Waals surface area contributed by atoms with Crippen LogP contribution < -0.4 is 10.9 Å². The number of aromatic nitrogens is 2. The Kier molecular flexibility index (Phi) is 6.76. The molecule has 0 bridgehead atoms. The Bertz CT molecular complexity index is 1090. The van der Waals surface area contributed by atoms with Crippen LogP contribution in [-0.2, 0) is 11.3 Å². The first kappa shape index (κ1) is 21.6. The van der Waals surface area contributed by atoms with E-state index in [0.29, 0.717) is 24.9 Å². The first-order chi connectivity index (χ1) is 15.0. The standard InChI is InChI=1S/C25H34N4O2/c1-19-16-20(2)18-27(17-19)13-7-12-26-24(30)11-6-15-29-22-9-4-3-8-21(22)28-14-5-10-23(28)25(29)31/h3-5,8-10,14,19-20H,6-7,11-13,15-18H2,1-2H3,(H,26,30)/t19-,20-/m1/s1. The highest BCUT2D eigenvalue weighted by Crippen LogP contribution is 2.20. The number of nitrogens with zero attached hydrogens (tertiary/aromatic N) is 3. The monoisotopic (exact) mass is 422 g/mol. The van der Waals surface area contributed by atoms with E-state index in [1.54, 1.807) is 4.57 Å². The molecule has 6 nitrogen and oxygen atoms in total. The summed E-state index contributed by atoms with van der Waals surface area (Å²) in [6.45, 7) is 9.31. The maximum Gasteiger partial charge on any atom is 0.275 e. The van der Waals surface area contributed by atoms with Crippen LogP contribution in [0.25, 0.3) is 16.6 Å². The zero-order valence-corrected chi connectivity index (χ0v) is 18.7. The molecule has 0 radical (unpaired) electrons. The quantitative estimate of drug-likeness (QED) is 0.565. The van der Waals surface area contributed by atoms with Gasteiger partial charge in [-0.25, -0.2) is 0 Å². The van der Waals surface area contributed by atoms with Gasteiger partial charge in [0, 0.05) is 38.8 Å². The highest BCUT2D eigenvalue weighted by molar-refractivity contribution is 5.79. The average Bonchev–Trinajstić information content (AvgIpc) is 3.23. The Labute approximate surface area is 183 Å². The molecule has 0 aliphatic carbocycles. The van der Waals surface area contributed by atoms with Crippen LogP contribution in [-0.4, -0.2) is 46.0 Å². The van der Waals surface area contributed by atoms with Crippen LogP contribution >= 0.6 is 0 Å². The maximum atomic E-state index is 12.9. The number of nitrogens with one attached hydrogen (secondary N) is 1. The fraction of sp³-hybridized carbons (Fsp3) is 0.520. The molecular formula is C25H34N4O2. The van der Waals surface area contributed by atoms with Gasteiger partial charge in [0.25, 0.3) is 5.56 Å². The van der Waals surface area contributed by atoms with Crippen molar-refractivity contribution in [3.63, 3.8) is 0 Å². The summed E-state index contributed by atoms with van der Waals surface area (Å²) in [6, 6.07) is 11.7. The molecule has 1 aliphatic heterocycles. The largest absolute Gasteiger partial charge is 0.356 e. The first-order valence-electron chi connectivity index (χ1n) is 11.6. The molecule has 1 saturated heterocycles. The van der Waals surface area contributed by atoms with Gasteiger partial charge >= 0.3 is 0 Å². The van der Waals surface area contributed by atoms with Crippen LogP contribution in [0, 0.1) is 11.8 Å². The van der Waals surface area contributed by atoms with Gasteiger partial charge in [0.2, 0.25) is 5.91 Å². The van der Waals surface area contributed by atoms with Crippen LogP contribution in [0.5, 0.6) is 0 Å². The number of hydrogen-bond donors (Lipinski definition) is 1. The maximum absolute atomic E-state index is 12.9. The van der Waals surface area contributed by atoms with E-state index >= 15 is 0 Å². The van der Waals surface area contributed by atoms with E-state index in [1.807, 2.05) is 47.0 Å². The molecule has 2 aromatic heterocycles. The Morgan fingerprint density at radius 3 is 2.45 bits per heavy atom. The average molecular weight is 423 g/mol. The van der Waals surface area contributed by atoms with E-state index in [-0.39, 0.29) is 11.5 Å². The molecule has 3 aromatic rings. The van der Waals surface area contributed by atoms with Crippen molar-refractivity contribution in [2.45, 2.75) is 46.1 Å². The van der Waals surface area contributed by atoms with Crippen LogP contribution in [0.4, 0.5) is 0 Å². The topological polar surface area (TPSA) is 58.8 Å². The SMILES string of the molecule is C[C@@H]1C[C@@H](C)CN(CCCNC(=O)CCCn2c(=O)c3cccn3c3ccccc32)C1. The van der Waals surface area contributed by atoms with E-state index in [4.69, 9.17) is 0 Å². The number of likely N-dealkylation sites (tertiary alicyclic amines) is 1. The fourth-order valence-electron chi connectivity index (χ4n) is 5.12. The fourth-order valence-corrected chi connectivity index (χ4v) is 5.12. The highest BCUT2D eigenvalue weighted by atomic mass is 16.1. The number of para-hydroxylation sites is 2. The van der Waals surface area contributed by atoms with Crippen molar-refractivity contribution >= 4 is 22.5 Å². The predicted octanol–water partition coefficient (Wildman–Crippen LogP) is 3.52. The van der Waals surface area contributed by atoms with Crippen molar-refractivity contribution < 1.29 is 4.79 Å². The number of carbonyl (C=O) groups excluding carboxylic acids is 1. The third kappa shape index (κ3) is 5.01. The highest BCUT2D eigenvalue weighted by Gasteiger charge is 2.21. The summed E-state index contributed by atoms with van der Waals surface area (Å²) >= 11 is 0. The normalized spacial score (nSPS) is 19.8. The smallest absolute Gasteiger partial charge is 0.275 e. The van der Waals surface area contributed by atoms with Crippen molar-refractivity contribution in [3.8, 4) is 0 Å². The number of benzene rings is 1. The Balaban J connectivity index is 1.27. The third-order valence-electron chi connectivity index (χ3n) is 6.35. The Hall–Kier alpha value is -2.60. The molecule has 3 heterocycles. The molecule has 0 saturated carbocycles. The number of hydrogen-bond acceptors (Lipinski definition) is 3. The number of carbonyl (C=O) groups is 1. The van der Waals surface area contributed by atoms with Gasteiger partial charge in [-0.1, -0.05) is 26.0 Å². The van der Waals surface area contributed by atoms with Crippen LogP contribution in [0.2, 0.25) is 0 Å². The van der Waals surface area contributed by atoms with Gasteiger partial charge in [-0.2, -0.15) is 0 Å². The summed E-state index contributed by atoms with van der Waals surface area (Å²) in [5.41, 5.74) is 2.58. The van der Waals surface area contributed by atoms with Gasteiger partial charge in [-0.05, 0) is 61.9 Å². The molecule has 1 amide bonds. The van der Waals surface area contributed by atoms with E-state index < -0.39 is 0 Å². The lowest BCUT2D eigenvalue weighted by Gasteiger charge is -2.34. The first-order valence-corrected chi connectivity index (χ1v) is 11.6. The Morgan fingerprint density at radius 2 is 1.68 bits per heavy atom. The van der Waals surface area contributed by atoms with Gasteiger partial charge in [-0.3, -0.25) is 9.59 Å². The van der Waals surface area contributed by atoms with Gasteiger partial charge in [0.05, 0.1) is 11.0 Å². The van der Waals surface area contributed by atoms with Gasteiger partial charge in [0.15, 0.2) is 0 Å². The number of amides is 1. The molecule has 31 heavy (non-hydrogen) atoms. The summed E-state index contributed by atoms with van der Waals surface area (Å²) in [5, 5.41) is 3.05. The predicted molar refractivity (Wildman–Crippen MR) is 125 cm³/mol. The van der Waals surface area contributed by atoms with Crippen LogP contribution in [0.3, 0.4) is 0 Å². The lowest BCUT2D eigenvalue weighted by molar-refractivity contribution is -0.121. The van der Waals surface area contributed by atoms with Crippen molar-refractivity contribution in [2.24, 2.45) is 11.8 Å². The molecule has 6 heteroatoms. The van der Waals surface area contributed by atoms with Crippen molar-refractivity contribution in [3.05, 3.63) is 52.9 Å². The second kappa shape index (κ2) is 9.69. The van der Waals surface area contributed by atoms with Crippen molar-refractivity contribution in [2.75, 3.05) is 26.2 Å². The number of aryl methyl sites for hydroxylation is 1. The number of piperidine rings is 1. The van der Waals surface area contributed by atoms with E-state index in [9.17, 15) is 9.59 Å². The van der Waals surface area contributed by atoms with Crippen molar-refractivity contribution in [1.82, 2.24) is 19.2 Å². The summed E-state index contributed by atoms with van der Waals surface area (Å²) < 4.78 is 3.74. The lowest BCUT2D eigenvalue weighted by atomic mass is 9.92. The zero-order chi connectivity index (χ0) is 21.8. The zero-order valence-electron chi connectivity index (χ0n) is 18.7. The summed E-state index contributed by atoms with van der Waals surface area (Å²) in [5.74, 6) is 1.61. The lowest BCUT2D eigenvalue weighted by Crippen LogP contribution is -2.40. The third-order valence-corrected chi connectivity index (χ3v) is 6.35. The second-order valence-corrected chi connectivity index (χ2v) is 9.22. The van der Waals surface area contributed by atoms with E-state index in [0.717, 1.165) is 42.4 Å². The van der Waals surface area contributed by atoms with Gasteiger partial charge in [0.1, 0.15) is 5.52 Å². The second-order valence-electron chi connectivity index (χ2n) is 9.22. The molecule has 1 fully saturated rings. The van der Waals surface area contributed by atoms with Crippen LogP contribution in [0.1, 0.15) is 39.5 Å². The molecule has 1 aromatic carbocycles. The summed E-state index contributed by atoms with van der Waals surface area (Å²) in [6.07, 6.45) is 5.31. The molecule has 0 spiro atoms. The molecular weight excluding hydrogens is 388 g/mol. The molecule has 0 unspecified atom stereocenters. The number of rotatable bonds is 8. The molecule has 1 aliphatic rings. The minimum atomic E-state index is -0.00547.